The maximum absolute atomic E-state index is 5.97. The van der Waals surface area contributed by atoms with E-state index in [0.717, 1.165) is 30.7 Å². The smallest absolute Gasteiger partial charge is 0.0367 e. The zero-order valence-electron chi connectivity index (χ0n) is 11.1. The lowest BCUT2D eigenvalue weighted by molar-refractivity contribution is 0.178. The van der Waals surface area contributed by atoms with Crippen molar-refractivity contribution in [3.63, 3.8) is 0 Å². The molecular weight excluding hydrogens is 290 g/mol. The van der Waals surface area contributed by atoms with Crippen molar-refractivity contribution in [1.29, 1.82) is 0 Å². The van der Waals surface area contributed by atoms with Gasteiger partial charge >= 0.3 is 0 Å². The van der Waals surface area contributed by atoms with Gasteiger partial charge in [0.15, 0.2) is 0 Å². The molecule has 0 saturated carbocycles. The Hall–Kier alpha value is -0.580. The lowest BCUT2D eigenvalue weighted by Gasteiger charge is -2.40. The van der Waals surface area contributed by atoms with Gasteiger partial charge in [0.25, 0.3) is 0 Å². The molecule has 1 aliphatic heterocycles. The minimum absolute atomic E-state index is 0.240. The molecule has 0 radical (unpaired) electrons. The average Bonchev–Trinajstić information content (AvgIpc) is 2.39. The van der Waals surface area contributed by atoms with Crippen molar-refractivity contribution in [1.82, 2.24) is 4.90 Å². The Morgan fingerprint density at radius 2 is 1.61 bits per heavy atom. The number of nitrogens with two attached hydrogens (primary N) is 1. The lowest BCUT2D eigenvalue weighted by atomic mass is 10.1. The van der Waals surface area contributed by atoms with Crippen LogP contribution in [0.2, 0.25) is 0 Å². The van der Waals surface area contributed by atoms with Gasteiger partial charge < -0.3 is 10.6 Å². The van der Waals surface area contributed by atoms with Crippen LogP contribution in [0.3, 0.4) is 0 Å². The molecule has 1 fully saturated rings. The van der Waals surface area contributed by atoms with Crippen LogP contribution in [-0.4, -0.2) is 43.2 Å². The Morgan fingerprint density at radius 3 is 2.11 bits per heavy atom. The molecule has 4 heteroatoms. The van der Waals surface area contributed by atoms with Crippen molar-refractivity contribution in [2.45, 2.75) is 25.9 Å². The van der Waals surface area contributed by atoms with Crippen molar-refractivity contribution in [2.75, 3.05) is 31.1 Å². The predicted octanol–water partition coefficient (Wildman–Crippen LogP) is 2.31. The molecule has 1 unspecified atom stereocenters. The lowest BCUT2D eigenvalue weighted by Crippen LogP contribution is -2.53. The van der Waals surface area contributed by atoms with Gasteiger partial charge in [0.1, 0.15) is 0 Å². The highest BCUT2D eigenvalue weighted by Crippen LogP contribution is 2.20. The van der Waals surface area contributed by atoms with Gasteiger partial charge in [-0.2, -0.15) is 0 Å². The SMILES string of the molecule is CC([C@@H](C)N)N1CCN(c2ccc(Br)cc2)CC1. The van der Waals surface area contributed by atoms with E-state index in [1.807, 2.05) is 0 Å². The molecule has 0 amide bonds. The fourth-order valence-corrected chi connectivity index (χ4v) is 2.64. The Labute approximate surface area is 118 Å². The molecule has 1 aliphatic rings. The fourth-order valence-electron chi connectivity index (χ4n) is 2.37. The number of halogens is 1. The van der Waals surface area contributed by atoms with Gasteiger partial charge in [-0.1, -0.05) is 15.9 Å². The van der Waals surface area contributed by atoms with E-state index in [1.165, 1.54) is 5.69 Å². The zero-order chi connectivity index (χ0) is 13.1. The van der Waals surface area contributed by atoms with E-state index >= 15 is 0 Å². The summed E-state index contributed by atoms with van der Waals surface area (Å²) in [5, 5.41) is 0. The van der Waals surface area contributed by atoms with E-state index in [1.54, 1.807) is 0 Å². The average molecular weight is 312 g/mol. The summed E-state index contributed by atoms with van der Waals surface area (Å²) in [5.41, 5.74) is 7.28. The molecule has 1 aromatic rings. The van der Waals surface area contributed by atoms with Crippen LogP contribution in [0, 0.1) is 0 Å². The van der Waals surface area contributed by atoms with Crippen LogP contribution < -0.4 is 10.6 Å². The number of hydrogen-bond acceptors (Lipinski definition) is 3. The summed E-state index contributed by atoms with van der Waals surface area (Å²) in [4.78, 5) is 4.93. The van der Waals surface area contributed by atoms with Crippen molar-refractivity contribution in [3.8, 4) is 0 Å². The number of piperazine rings is 1. The topological polar surface area (TPSA) is 32.5 Å². The Balaban J connectivity index is 1.92. The molecule has 1 aromatic carbocycles. The monoisotopic (exact) mass is 311 g/mol. The molecule has 2 atom stereocenters. The Kier molecular flexibility index (Phi) is 4.65. The van der Waals surface area contributed by atoms with Crippen molar-refractivity contribution in [2.24, 2.45) is 5.73 Å². The van der Waals surface area contributed by atoms with Gasteiger partial charge in [-0.15, -0.1) is 0 Å². The summed E-state index contributed by atoms with van der Waals surface area (Å²) in [6, 6.07) is 9.27. The largest absolute Gasteiger partial charge is 0.369 e. The van der Waals surface area contributed by atoms with Gasteiger partial charge in [0.2, 0.25) is 0 Å². The van der Waals surface area contributed by atoms with Gasteiger partial charge in [-0.3, -0.25) is 4.90 Å². The highest BCUT2D eigenvalue weighted by molar-refractivity contribution is 9.10. The third-order valence-corrected chi connectivity index (χ3v) is 4.37. The highest BCUT2D eigenvalue weighted by Gasteiger charge is 2.22. The summed E-state index contributed by atoms with van der Waals surface area (Å²) in [6.07, 6.45) is 0. The second-order valence-corrected chi connectivity index (χ2v) is 6.01. The van der Waals surface area contributed by atoms with Crippen LogP contribution in [-0.2, 0) is 0 Å². The normalized spacial score (nSPS) is 20.8. The number of benzene rings is 1. The zero-order valence-corrected chi connectivity index (χ0v) is 12.7. The molecule has 0 bridgehead atoms. The summed E-state index contributed by atoms with van der Waals surface area (Å²) < 4.78 is 1.13. The second kappa shape index (κ2) is 6.04. The predicted molar refractivity (Wildman–Crippen MR) is 81.0 cm³/mol. The van der Waals surface area contributed by atoms with Crippen LogP contribution in [0.5, 0.6) is 0 Å². The van der Waals surface area contributed by atoms with E-state index in [4.69, 9.17) is 5.73 Å². The van der Waals surface area contributed by atoms with E-state index in [0.29, 0.717) is 6.04 Å². The number of nitrogens with zero attached hydrogens (tertiary/aromatic N) is 2. The molecule has 18 heavy (non-hydrogen) atoms. The van der Waals surface area contributed by atoms with Gasteiger partial charge in [-0.05, 0) is 38.1 Å². The van der Waals surface area contributed by atoms with Crippen LogP contribution >= 0.6 is 15.9 Å². The van der Waals surface area contributed by atoms with Crippen LogP contribution in [0.15, 0.2) is 28.7 Å². The van der Waals surface area contributed by atoms with Gasteiger partial charge in [-0.25, -0.2) is 0 Å². The van der Waals surface area contributed by atoms with Gasteiger partial charge in [0, 0.05) is 48.4 Å². The minimum Gasteiger partial charge on any atom is -0.369 e. The maximum atomic E-state index is 5.97. The molecule has 100 valence electrons. The van der Waals surface area contributed by atoms with E-state index in [2.05, 4.69) is 63.8 Å². The summed E-state index contributed by atoms with van der Waals surface area (Å²) in [7, 11) is 0. The van der Waals surface area contributed by atoms with Crippen molar-refractivity contribution in [3.05, 3.63) is 28.7 Å². The molecule has 2 N–H and O–H groups in total. The van der Waals surface area contributed by atoms with Crippen LogP contribution in [0.1, 0.15) is 13.8 Å². The van der Waals surface area contributed by atoms with E-state index in [-0.39, 0.29) is 6.04 Å². The first kappa shape index (κ1) is 13.8. The molecule has 1 saturated heterocycles. The summed E-state index contributed by atoms with van der Waals surface area (Å²) >= 11 is 3.47. The quantitative estimate of drug-likeness (QED) is 0.929. The number of anilines is 1. The Morgan fingerprint density at radius 1 is 1.06 bits per heavy atom. The molecule has 0 aliphatic carbocycles. The third-order valence-electron chi connectivity index (χ3n) is 3.84. The van der Waals surface area contributed by atoms with Crippen molar-refractivity contribution < 1.29 is 0 Å². The summed E-state index contributed by atoms with van der Waals surface area (Å²) in [5.74, 6) is 0. The highest BCUT2D eigenvalue weighted by atomic mass is 79.9. The van der Waals surface area contributed by atoms with Crippen LogP contribution in [0.4, 0.5) is 5.69 Å². The van der Waals surface area contributed by atoms with Gasteiger partial charge in [0.05, 0.1) is 0 Å². The van der Waals surface area contributed by atoms with Crippen LogP contribution in [0.25, 0.3) is 0 Å². The summed E-state index contributed by atoms with van der Waals surface area (Å²) in [6.45, 7) is 8.67. The van der Waals surface area contributed by atoms with E-state index < -0.39 is 0 Å². The molecule has 0 spiro atoms. The molecule has 2 rings (SSSR count). The second-order valence-electron chi connectivity index (χ2n) is 5.10. The first-order chi connectivity index (χ1) is 8.58. The first-order valence-corrected chi connectivity index (χ1v) is 7.37. The molecule has 0 aromatic heterocycles. The maximum Gasteiger partial charge on any atom is 0.0367 e. The fraction of sp³-hybridized carbons (Fsp3) is 0.571. The third kappa shape index (κ3) is 3.25. The Bertz CT molecular complexity index is 369. The molecule has 1 heterocycles. The minimum atomic E-state index is 0.240. The number of hydrogen-bond donors (Lipinski definition) is 1. The van der Waals surface area contributed by atoms with Crippen molar-refractivity contribution >= 4 is 21.6 Å². The van der Waals surface area contributed by atoms with E-state index in [9.17, 15) is 0 Å². The molecular formula is C14H22BrN3. The number of rotatable bonds is 3. The first-order valence-electron chi connectivity index (χ1n) is 6.58. The standard InChI is InChI=1S/C14H22BrN3/c1-11(16)12(2)17-7-9-18(10-8-17)14-5-3-13(15)4-6-14/h3-6,11-12H,7-10,16H2,1-2H3/t11-,12?/m1/s1. The molecule has 3 nitrogen and oxygen atoms in total.